The van der Waals surface area contributed by atoms with Crippen LogP contribution in [0.25, 0.3) is 0 Å². The number of rotatable bonds is 6. The van der Waals surface area contributed by atoms with Crippen molar-refractivity contribution >= 4 is 11.8 Å². The van der Waals surface area contributed by atoms with E-state index in [1.807, 2.05) is 25.9 Å². The first-order valence-electron chi connectivity index (χ1n) is 11.8. The van der Waals surface area contributed by atoms with Gasteiger partial charge in [0.15, 0.2) is 0 Å². The van der Waals surface area contributed by atoms with Crippen molar-refractivity contribution in [3.63, 3.8) is 0 Å². The number of pyridine rings is 1. The molecule has 3 rings (SSSR count). The van der Waals surface area contributed by atoms with E-state index in [1.54, 1.807) is 31.1 Å². The zero-order chi connectivity index (χ0) is 26.4. The Hall–Kier alpha value is -3.48. The number of fused-ring (bicyclic) bond motifs is 1. The molecule has 0 saturated heterocycles. The molecule has 2 aromatic rings. The summed E-state index contributed by atoms with van der Waals surface area (Å²) in [5.41, 5.74) is 1.21. The van der Waals surface area contributed by atoms with Crippen molar-refractivity contribution in [3.8, 4) is 17.7 Å². The highest BCUT2D eigenvalue weighted by Crippen LogP contribution is 2.27. The number of ether oxygens (including phenoxy) is 1. The van der Waals surface area contributed by atoms with E-state index in [1.165, 1.54) is 29.2 Å². The number of aliphatic hydroxyl groups is 1. The van der Waals surface area contributed by atoms with Crippen molar-refractivity contribution < 1.29 is 23.8 Å². The van der Waals surface area contributed by atoms with Gasteiger partial charge in [-0.1, -0.05) is 18.8 Å². The molecule has 0 spiro atoms. The largest absolute Gasteiger partial charge is 0.472 e. The number of aromatic nitrogens is 1. The first-order chi connectivity index (χ1) is 17.1. The van der Waals surface area contributed by atoms with Gasteiger partial charge in [0.1, 0.15) is 17.5 Å². The third kappa shape index (κ3) is 6.59. The lowest BCUT2D eigenvalue weighted by Gasteiger charge is -2.37. The van der Waals surface area contributed by atoms with Crippen LogP contribution in [-0.4, -0.2) is 96.1 Å². The van der Waals surface area contributed by atoms with Crippen molar-refractivity contribution in [1.82, 2.24) is 19.7 Å². The fraction of sp³-hybridized carbons (Fsp3) is 0.444. The molecule has 0 unspecified atom stereocenters. The summed E-state index contributed by atoms with van der Waals surface area (Å²) in [6.45, 7) is 4.61. The van der Waals surface area contributed by atoms with Gasteiger partial charge in [-0.25, -0.2) is 9.37 Å². The molecule has 2 heterocycles. The minimum absolute atomic E-state index is 0.160. The Labute approximate surface area is 211 Å². The van der Waals surface area contributed by atoms with Crippen LogP contribution in [0.2, 0.25) is 0 Å². The summed E-state index contributed by atoms with van der Waals surface area (Å²) >= 11 is 0. The second kappa shape index (κ2) is 12.0. The van der Waals surface area contributed by atoms with Gasteiger partial charge in [0.2, 0.25) is 5.88 Å². The van der Waals surface area contributed by atoms with Gasteiger partial charge in [0.05, 0.1) is 25.7 Å². The molecule has 8 nitrogen and oxygen atoms in total. The molecule has 0 saturated carbocycles. The van der Waals surface area contributed by atoms with Crippen molar-refractivity contribution in [1.29, 1.82) is 0 Å². The molecule has 0 bridgehead atoms. The van der Waals surface area contributed by atoms with E-state index < -0.39 is 18.0 Å². The predicted molar refractivity (Wildman–Crippen MR) is 134 cm³/mol. The van der Waals surface area contributed by atoms with E-state index in [4.69, 9.17) is 4.74 Å². The highest BCUT2D eigenvalue weighted by molar-refractivity contribution is 5.97. The monoisotopic (exact) mass is 496 g/mol. The fourth-order valence-corrected chi connectivity index (χ4v) is 3.85. The number of amides is 2. The van der Waals surface area contributed by atoms with Crippen molar-refractivity contribution in [2.24, 2.45) is 5.92 Å². The van der Waals surface area contributed by atoms with Gasteiger partial charge in [0, 0.05) is 36.8 Å². The molecular weight excluding hydrogens is 463 g/mol. The normalized spacial score (nSPS) is 18.3. The Morgan fingerprint density at radius 1 is 1.31 bits per heavy atom. The number of likely N-dealkylation sites (N-methyl/N-ethyl adjacent to an activating group) is 1. The van der Waals surface area contributed by atoms with Gasteiger partial charge >= 0.3 is 0 Å². The lowest BCUT2D eigenvalue weighted by Crippen LogP contribution is -2.50. The second-order valence-electron chi connectivity index (χ2n) is 9.43. The van der Waals surface area contributed by atoms with Gasteiger partial charge in [0.25, 0.3) is 11.8 Å². The summed E-state index contributed by atoms with van der Waals surface area (Å²) < 4.78 is 19.5. The van der Waals surface area contributed by atoms with E-state index in [0.717, 1.165) is 0 Å². The van der Waals surface area contributed by atoms with Crippen molar-refractivity contribution in [3.05, 3.63) is 59.0 Å². The number of carbonyl (C=O) groups excluding carboxylic acids is 2. The average molecular weight is 497 g/mol. The van der Waals surface area contributed by atoms with Gasteiger partial charge < -0.3 is 19.6 Å². The molecule has 0 aliphatic carbocycles. The van der Waals surface area contributed by atoms with Gasteiger partial charge in [-0.3, -0.25) is 14.5 Å². The van der Waals surface area contributed by atoms with E-state index in [-0.39, 0.29) is 42.3 Å². The van der Waals surface area contributed by atoms with Crippen LogP contribution >= 0.6 is 0 Å². The van der Waals surface area contributed by atoms with Crippen LogP contribution in [0.1, 0.15) is 40.1 Å². The third-order valence-electron chi connectivity index (χ3n) is 6.04. The lowest BCUT2D eigenvalue weighted by molar-refractivity contribution is 0.0313. The molecule has 1 aromatic carbocycles. The van der Waals surface area contributed by atoms with E-state index in [9.17, 15) is 19.1 Å². The number of carbonyl (C=O) groups is 2. The molecule has 1 aliphatic rings. The summed E-state index contributed by atoms with van der Waals surface area (Å²) in [6.07, 6.45) is 1.07. The Bertz CT molecular complexity index is 1140. The van der Waals surface area contributed by atoms with Crippen LogP contribution in [0.15, 0.2) is 36.5 Å². The molecule has 192 valence electrons. The summed E-state index contributed by atoms with van der Waals surface area (Å²) in [4.78, 5) is 35.8. The number of benzene rings is 1. The minimum Gasteiger partial charge on any atom is -0.472 e. The summed E-state index contributed by atoms with van der Waals surface area (Å²) in [5, 5.41) is 9.81. The molecule has 1 N–H and O–H groups in total. The van der Waals surface area contributed by atoms with Crippen molar-refractivity contribution in [2.45, 2.75) is 26.0 Å². The first-order valence-corrected chi connectivity index (χ1v) is 11.8. The van der Waals surface area contributed by atoms with Crippen molar-refractivity contribution in [2.75, 3.05) is 47.4 Å². The molecule has 36 heavy (non-hydrogen) atoms. The number of hydrogen-bond donors (Lipinski definition) is 1. The highest BCUT2D eigenvalue weighted by Gasteiger charge is 2.34. The maximum atomic E-state index is 13.5. The van der Waals surface area contributed by atoms with Gasteiger partial charge in [-0.2, -0.15) is 0 Å². The first kappa shape index (κ1) is 27.1. The second-order valence-corrected chi connectivity index (χ2v) is 9.43. The van der Waals surface area contributed by atoms with Crippen LogP contribution in [0, 0.1) is 23.6 Å². The molecule has 0 fully saturated rings. The third-order valence-corrected chi connectivity index (χ3v) is 6.04. The number of halogens is 1. The standard InChI is InChI=1S/C27H33FN4O4/c1-18-15-32(19(2)17-33)27(35)23-13-20(7-6-12-30(3)4)14-29-25(23)36-24(18)16-31(5)26(34)21-8-10-22(28)11-9-21/h8-11,13-14,18-19,24,33H,12,15-17H2,1-5H3/t18-,19+,24+/m1/s1. The average Bonchev–Trinajstić information content (AvgIpc) is 2.85. The van der Waals surface area contributed by atoms with Crippen LogP contribution in [0.3, 0.4) is 0 Å². The molecular formula is C27H33FN4O4. The zero-order valence-electron chi connectivity index (χ0n) is 21.4. The Morgan fingerprint density at radius 2 is 2.00 bits per heavy atom. The van der Waals surface area contributed by atoms with E-state index in [2.05, 4.69) is 16.8 Å². The number of nitrogens with zero attached hydrogens (tertiary/aromatic N) is 4. The predicted octanol–water partition coefficient (Wildman–Crippen LogP) is 2.13. The van der Waals surface area contributed by atoms with Gasteiger partial charge in [-0.05, 0) is 51.4 Å². The fourth-order valence-electron chi connectivity index (χ4n) is 3.85. The zero-order valence-corrected chi connectivity index (χ0v) is 21.4. The summed E-state index contributed by atoms with van der Waals surface area (Å²) in [5.74, 6) is 5.05. The molecule has 1 aliphatic heterocycles. The maximum Gasteiger partial charge on any atom is 0.259 e. The molecule has 1 aromatic heterocycles. The lowest BCUT2D eigenvalue weighted by atomic mass is 9.99. The van der Waals surface area contributed by atoms with Crippen LogP contribution < -0.4 is 4.74 Å². The van der Waals surface area contributed by atoms with Gasteiger partial charge in [-0.15, -0.1) is 0 Å². The van der Waals surface area contributed by atoms with Crippen LogP contribution in [0.4, 0.5) is 4.39 Å². The molecule has 9 heteroatoms. The smallest absolute Gasteiger partial charge is 0.259 e. The maximum absolute atomic E-state index is 13.5. The van der Waals surface area contributed by atoms with E-state index in [0.29, 0.717) is 24.2 Å². The van der Waals surface area contributed by atoms with E-state index >= 15 is 0 Å². The SMILES string of the molecule is C[C@@H]1CN([C@@H](C)CO)C(=O)c2cc(C#CCN(C)C)cnc2O[C@H]1CN(C)C(=O)c1ccc(F)cc1. The Morgan fingerprint density at radius 3 is 2.64 bits per heavy atom. The highest BCUT2D eigenvalue weighted by atomic mass is 19.1. The Balaban J connectivity index is 1.92. The number of hydrogen-bond acceptors (Lipinski definition) is 6. The Kier molecular flexibility index (Phi) is 9.02. The molecule has 0 radical (unpaired) electrons. The number of aliphatic hydroxyl groups excluding tert-OH is 1. The quantitative estimate of drug-likeness (QED) is 0.617. The topological polar surface area (TPSA) is 86.2 Å². The van der Waals surface area contributed by atoms with Crippen LogP contribution in [0.5, 0.6) is 5.88 Å². The summed E-state index contributed by atoms with van der Waals surface area (Å²) in [6, 6.07) is 6.61. The minimum atomic E-state index is -0.488. The summed E-state index contributed by atoms with van der Waals surface area (Å²) in [7, 11) is 5.48. The molecule has 2 amide bonds. The molecule has 3 atom stereocenters. The van der Waals surface area contributed by atoms with Crippen LogP contribution in [-0.2, 0) is 0 Å².